The summed E-state index contributed by atoms with van der Waals surface area (Å²) in [5.74, 6) is 0.809. The number of hydrogen-bond acceptors (Lipinski definition) is 3. The molecule has 0 radical (unpaired) electrons. The van der Waals surface area contributed by atoms with Gasteiger partial charge in [-0.15, -0.1) is 0 Å². The summed E-state index contributed by atoms with van der Waals surface area (Å²) < 4.78 is 5.21. The van der Waals surface area contributed by atoms with Gasteiger partial charge in [-0.1, -0.05) is 42.5 Å². The van der Waals surface area contributed by atoms with Gasteiger partial charge in [0.25, 0.3) is 0 Å². The molecule has 5 nitrogen and oxygen atoms in total. The van der Waals surface area contributed by atoms with Crippen LogP contribution in [0.25, 0.3) is 0 Å². The predicted octanol–water partition coefficient (Wildman–Crippen LogP) is 3.05. The average Bonchev–Trinajstić information content (AvgIpc) is 2.62. The van der Waals surface area contributed by atoms with Gasteiger partial charge in [0.1, 0.15) is 5.75 Å². The number of amides is 2. The largest absolute Gasteiger partial charge is 0.497 e. The van der Waals surface area contributed by atoms with Crippen molar-refractivity contribution < 1.29 is 14.6 Å². The van der Waals surface area contributed by atoms with Crippen molar-refractivity contribution in [2.24, 2.45) is 0 Å². The van der Waals surface area contributed by atoms with Crippen LogP contribution in [0.1, 0.15) is 30.6 Å². The van der Waals surface area contributed by atoms with Crippen LogP contribution in [0.3, 0.4) is 0 Å². The molecule has 3 N–H and O–H groups in total. The Balaban J connectivity index is 1.70. The number of urea groups is 1. The van der Waals surface area contributed by atoms with Gasteiger partial charge < -0.3 is 20.5 Å². The Bertz CT molecular complexity index is 661. The van der Waals surface area contributed by atoms with Crippen LogP contribution < -0.4 is 15.4 Å². The first kappa shape index (κ1) is 18.8. The number of ether oxygens (including phenoxy) is 1. The molecule has 2 aromatic carbocycles. The molecule has 0 aliphatic carbocycles. The van der Waals surface area contributed by atoms with E-state index in [2.05, 4.69) is 10.6 Å². The summed E-state index contributed by atoms with van der Waals surface area (Å²) in [6, 6.07) is 17.0. The third-order valence-electron chi connectivity index (χ3n) is 3.94. The van der Waals surface area contributed by atoms with Crippen LogP contribution in [-0.2, 0) is 6.42 Å². The van der Waals surface area contributed by atoms with Crippen LogP contribution in [-0.4, -0.2) is 30.8 Å². The molecule has 0 spiro atoms. The Labute approximate surface area is 149 Å². The van der Waals surface area contributed by atoms with E-state index in [0.29, 0.717) is 13.0 Å². The molecule has 2 rings (SSSR count). The van der Waals surface area contributed by atoms with E-state index in [4.69, 9.17) is 4.74 Å². The molecule has 0 fully saturated rings. The van der Waals surface area contributed by atoms with Crippen molar-refractivity contribution in [1.82, 2.24) is 10.6 Å². The van der Waals surface area contributed by atoms with E-state index >= 15 is 0 Å². The van der Waals surface area contributed by atoms with Gasteiger partial charge in [0.2, 0.25) is 0 Å². The number of carbonyl (C=O) groups is 1. The minimum absolute atomic E-state index is 0.00819. The van der Waals surface area contributed by atoms with Crippen molar-refractivity contribution in [2.75, 3.05) is 13.7 Å². The molecular formula is C20H26N2O3. The lowest BCUT2D eigenvalue weighted by molar-refractivity contribution is 0.166. The zero-order chi connectivity index (χ0) is 18.1. The van der Waals surface area contributed by atoms with E-state index in [9.17, 15) is 9.90 Å². The fourth-order valence-electron chi connectivity index (χ4n) is 2.64. The maximum Gasteiger partial charge on any atom is 0.315 e. The van der Waals surface area contributed by atoms with Gasteiger partial charge in [-0.05, 0) is 43.0 Å². The van der Waals surface area contributed by atoms with Crippen LogP contribution >= 0.6 is 0 Å². The number of methoxy groups -OCH3 is 1. The highest BCUT2D eigenvalue weighted by Crippen LogP contribution is 2.15. The number of aliphatic hydroxyl groups is 1. The lowest BCUT2D eigenvalue weighted by atomic mass is 10.1. The molecule has 0 aliphatic rings. The Morgan fingerprint density at radius 3 is 2.64 bits per heavy atom. The lowest BCUT2D eigenvalue weighted by Gasteiger charge is -2.16. The van der Waals surface area contributed by atoms with E-state index in [1.165, 1.54) is 0 Å². The van der Waals surface area contributed by atoms with Gasteiger partial charge in [0, 0.05) is 12.6 Å². The topological polar surface area (TPSA) is 70.6 Å². The number of nitrogens with one attached hydrogen (secondary N) is 2. The molecule has 5 heteroatoms. The molecule has 0 bridgehead atoms. The smallest absolute Gasteiger partial charge is 0.315 e. The summed E-state index contributed by atoms with van der Waals surface area (Å²) in [5, 5.41) is 15.8. The molecule has 0 heterocycles. The van der Waals surface area contributed by atoms with E-state index in [1.807, 2.05) is 61.5 Å². The molecule has 2 atom stereocenters. The second kappa shape index (κ2) is 9.69. The summed E-state index contributed by atoms with van der Waals surface area (Å²) in [6.45, 7) is 2.37. The number of benzene rings is 2. The number of hydrogen-bond donors (Lipinski definition) is 3. The molecule has 0 saturated heterocycles. The van der Waals surface area contributed by atoms with E-state index in [0.717, 1.165) is 23.3 Å². The van der Waals surface area contributed by atoms with Crippen molar-refractivity contribution in [3.63, 3.8) is 0 Å². The highest BCUT2D eigenvalue weighted by Gasteiger charge is 2.10. The van der Waals surface area contributed by atoms with Gasteiger partial charge in [-0.2, -0.15) is 0 Å². The molecule has 0 aliphatic heterocycles. The van der Waals surface area contributed by atoms with Crippen LogP contribution in [0, 0.1) is 0 Å². The average molecular weight is 342 g/mol. The van der Waals surface area contributed by atoms with Gasteiger partial charge in [-0.3, -0.25) is 0 Å². The Kier molecular flexibility index (Phi) is 7.29. The van der Waals surface area contributed by atoms with Gasteiger partial charge in [0.05, 0.1) is 13.2 Å². The summed E-state index contributed by atoms with van der Waals surface area (Å²) in [4.78, 5) is 12.0. The van der Waals surface area contributed by atoms with E-state index in [1.54, 1.807) is 7.11 Å². The number of aliphatic hydroxyl groups excluding tert-OH is 1. The monoisotopic (exact) mass is 342 g/mol. The second-order valence-electron chi connectivity index (χ2n) is 6.07. The fourth-order valence-corrected chi connectivity index (χ4v) is 2.64. The Hall–Kier alpha value is -2.53. The first-order valence-corrected chi connectivity index (χ1v) is 8.49. The fraction of sp³-hybridized carbons (Fsp3) is 0.350. The highest BCUT2D eigenvalue weighted by atomic mass is 16.5. The molecule has 2 amide bonds. The SMILES string of the molecule is COc1cccc(CC(C)NC(=O)NCCC(O)c2ccccc2)c1. The third kappa shape index (κ3) is 6.47. The van der Waals surface area contributed by atoms with E-state index in [-0.39, 0.29) is 12.1 Å². The first-order chi connectivity index (χ1) is 12.1. The molecule has 2 unspecified atom stereocenters. The Morgan fingerprint density at radius 1 is 1.16 bits per heavy atom. The molecule has 2 aromatic rings. The predicted molar refractivity (Wildman–Crippen MR) is 98.7 cm³/mol. The second-order valence-corrected chi connectivity index (χ2v) is 6.07. The normalized spacial score (nSPS) is 12.9. The lowest BCUT2D eigenvalue weighted by Crippen LogP contribution is -2.42. The van der Waals surface area contributed by atoms with Crippen molar-refractivity contribution in [2.45, 2.75) is 31.9 Å². The summed E-state index contributed by atoms with van der Waals surface area (Å²) >= 11 is 0. The van der Waals surface area contributed by atoms with Gasteiger partial charge in [0.15, 0.2) is 0 Å². The first-order valence-electron chi connectivity index (χ1n) is 8.49. The molecule has 0 saturated carbocycles. The van der Waals surface area contributed by atoms with Gasteiger partial charge in [-0.25, -0.2) is 4.79 Å². The quantitative estimate of drug-likeness (QED) is 0.690. The van der Waals surface area contributed by atoms with Gasteiger partial charge >= 0.3 is 6.03 Å². The van der Waals surface area contributed by atoms with Crippen LogP contribution in [0.2, 0.25) is 0 Å². The number of rotatable bonds is 8. The molecule has 25 heavy (non-hydrogen) atoms. The minimum Gasteiger partial charge on any atom is -0.497 e. The summed E-state index contributed by atoms with van der Waals surface area (Å²) in [7, 11) is 1.64. The number of carbonyl (C=O) groups excluding carboxylic acids is 1. The maximum absolute atomic E-state index is 12.0. The maximum atomic E-state index is 12.0. The molecular weight excluding hydrogens is 316 g/mol. The van der Waals surface area contributed by atoms with Crippen molar-refractivity contribution >= 4 is 6.03 Å². The zero-order valence-corrected chi connectivity index (χ0v) is 14.7. The molecule has 134 valence electrons. The van der Waals surface area contributed by atoms with Crippen molar-refractivity contribution in [3.05, 3.63) is 65.7 Å². The summed E-state index contributed by atoms with van der Waals surface area (Å²) in [5.41, 5.74) is 1.96. The zero-order valence-electron chi connectivity index (χ0n) is 14.7. The van der Waals surface area contributed by atoms with Crippen LogP contribution in [0.4, 0.5) is 4.79 Å². The van der Waals surface area contributed by atoms with Crippen molar-refractivity contribution in [1.29, 1.82) is 0 Å². The summed E-state index contributed by atoms with van der Waals surface area (Å²) in [6.07, 6.45) is 0.620. The minimum atomic E-state index is -0.573. The Morgan fingerprint density at radius 2 is 1.92 bits per heavy atom. The van der Waals surface area contributed by atoms with Crippen LogP contribution in [0.5, 0.6) is 5.75 Å². The standard InChI is InChI=1S/C20H26N2O3/c1-15(13-16-7-6-10-18(14-16)25-2)22-20(24)21-12-11-19(23)17-8-4-3-5-9-17/h3-10,14-15,19,23H,11-13H2,1-2H3,(H2,21,22,24). The van der Waals surface area contributed by atoms with E-state index < -0.39 is 6.10 Å². The molecule has 0 aromatic heterocycles. The van der Waals surface area contributed by atoms with Crippen LogP contribution in [0.15, 0.2) is 54.6 Å². The van der Waals surface area contributed by atoms with Crippen molar-refractivity contribution in [3.8, 4) is 5.75 Å². The highest BCUT2D eigenvalue weighted by molar-refractivity contribution is 5.74. The third-order valence-corrected chi connectivity index (χ3v) is 3.94.